The van der Waals surface area contributed by atoms with E-state index >= 15 is 0 Å². The van der Waals surface area contributed by atoms with E-state index in [2.05, 4.69) is 5.32 Å². The van der Waals surface area contributed by atoms with Crippen LogP contribution in [0, 0.1) is 0 Å². The molecule has 1 atom stereocenters. The van der Waals surface area contributed by atoms with Crippen molar-refractivity contribution in [1.29, 1.82) is 0 Å². The largest absolute Gasteiger partial charge is 0.497 e. The fraction of sp³-hybridized carbons (Fsp3) is 0.440. The van der Waals surface area contributed by atoms with Crippen molar-refractivity contribution >= 4 is 39.1 Å². The standard InChI is InChI=1S/C25H34ClN3O6S/c1-17(24(31)27-25(2,3)4)28(15-18-9-8-10-19(26)13-18)23(30)16-29(36(7,32)33)21-14-20(34-5)11-12-22(21)35-6/h8-14,17H,15-16H2,1-7H3,(H,27,31)/t17-/m1/s1. The van der Waals surface area contributed by atoms with Gasteiger partial charge in [-0.05, 0) is 57.5 Å². The predicted molar refractivity (Wildman–Crippen MR) is 141 cm³/mol. The second-order valence-electron chi connectivity index (χ2n) is 9.37. The Morgan fingerprint density at radius 2 is 1.75 bits per heavy atom. The minimum absolute atomic E-state index is 0.0466. The number of hydrogen-bond acceptors (Lipinski definition) is 6. The van der Waals surface area contributed by atoms with E-state index in [4.69, 9.17) is 21.1 Å². The average Bonchev–Trinajstić information content (AvgIpc) is 2.78. The molecule has 11 heteroatoms. The summed E-state index contributed by atoms with van der Waals surface area (Å²) in [6.45, 7) is 6.59. The zero-order valence-corrected chi connectivity index (χ0v) is 23.2. The minimum Gasteiger partial charge on any atom is -0.497 e. The molecule has 2 aromatic rings. The lowest BCUT2D eigenvalue weighted by Crippen LogP contribution is -2.54. The molecule has 0 saturated heterocycles. The maximum Gasteiger partial charge on any atom is 0.244 e. The summed E-state index contributed by atoms with van der Waals surface area (Å²) in [6.07, 6.45) is 0.996. The Morgan fingerprint density at radius 3 is 2.28 bits per heavy atom. The number of rotatable bonds is 10. The van der Waals surface area contributed by atoms with Crippen molar-refractivity contribution in [3.8, 4) is 11.5 Å². The molecule has 0 saturated carbocycles. The number of carbonyl (C=O) groups is 2. The number of halogens is 1. The number of anilines is 1. The summed E-state index contributed by atoms with van der Waals surface area (Å²) in [4.78, 5) is 28.0. The third-order valence-electron chi connectivity index (χ3n) is 5.24. The van der Waals surface area contributed by atoms with Crippen LogP contribution in [-0.4, -0.2) is 63.7 Å². The fourth-order valence-corrected chi connectivity index (χ4v) is 4.53. The molecule has 0 aliphatic heterocycles. The molecule has 2 aromatic carbocycles. The first kappa shape index (κ1) is 29.3. The SMILES string of the molecule is COc1ccc(OC)c(N(CC(=O)N(Cc2cccc(Cl)c2)[C@H](C)C(=O)NC(C)(C)C)S(C)(=O)=O)c1. The number of nitrogens with zero attached hydrogens (tertiary/aromatic N) is 2. The lowest BCUT2D eigenvalue weighted by molar-refractivity contribution is -0.140. The van der Waals surface area contributed by atoms with Crippen LogP contribution >= 0.6 is 11.6 Å². The zero-order chi connectivity index (χ0) is 27.3. The van der Waals surface area contributed by atoms with E-state index < -0.39 is 34.1 Å². The molecule has 0 heterocycles. The first-order valence-electron chi connectivity index (χ1n) is 11.2. The monoisotopic (exact) mass is 539 g/mol. The second kappa shape index (κ2) is 11.8. The minimum atomic E-state index is -3.93. The van der Waals surface area contributed by atoms with Gasteiger partial charge < -0.3 is 19.7 Å². The first-order valence-corrected chi connectivity index (χ1v) is 13.4. The van der Waals surface area contributed by atoms with E-state index in [9.17, 15) is 18.0 Å². The molecule has 9 nitrogen and oxygen atoms in total. The van der Waals surface area contributed by atoms with Gasteiger partial charge in [0.15, 0.2) is 0 Å². The highest BCUT2D eigenvalue weighted by molar-refractivity contribution is 7.92. The van der Waals surface area contributed by atoms with Crippen molar-refractivity contribution in [3.63, 3.8) is 0 Å². The van der Waals surface area contributed by atoms with Crippen molar-refractivity contribution < 1.29 is 27.5 Å². The molecule has 198 valence electrons. The van der Waals surface area contributed by atoms with E-state index in [0.29, 0.717) is 16.3 Å². The van der Waals surface area contributed by atoms with E-state index in [0.717, 1.165) is 10.6 Å². The van der Waals surface area contributed by atoms with E-state index in [1.165, 1.54) is 25.2 Å². The Morgan fingerprint density at radius 1 is 1.08 bits per heavy atom. The Kier molecular flexibility index (Phi) is 9.62. The van der Waals surface area contributed by atoms with Gasteiger partial charge in [-0.2, -0.15) is 0 Å². The zero-order valence-electron chi connectivity index (χ0n) is 21.7. The Hall–Kier alpha value is -2.98. The highest BCUT2D eigenvalue weighted by Gasteiger charge is 2.32. The molecule has 2 amide bonds. The molecule has 36 heavy (non-hydrogen) atoms. The maximum atomic E-state index is 13.7. The smallest absolute Gasteiger partial charge is 0.244 e. The molecule has 0 aliphatic rings. The van der Waals surface area contributed by atoms with E-state index in [1.807, 2.05) is 20.8 Å². The van der Waals surface area contributed by atoms with Gasteiger partial charge in [-0.3, -0.25) is 13.9 Å². The van der Waals surface area contributed by atoms with Crippen LogP contribution in [0.2, 0.25) is 5.02 Å². The summed E-state index contributed by atoms with van der Waals surface area (Å²) in [5, 5.41) is 3.35. The van der Waals surface area contributed by atoms with Crippen molar-refractivity contribution in [1.82, 2.24) is 10.2 Å². The topological polar surface area (TPSA) is 105 Å². The summed E-state index contributed by atoms with van der Waals surface area (Å²) < 4.78 is 37.2. The molecule has 0 bridgehead atoms. The molecule has 0 spiro atoms. The van der Waals surface area contributed by atoms with Crippen LogP contribution in [-0.2, 0) is 26.2 Å². The molecule has 0 unspecified atom stereocenters. The number of carbonyl (C=O) groups excluding carboxylic acids is 2. The van der Waals surface area contributed by atoms with Gasteiger partial charge >= 0.3 is 0 Å². The molecule has 1 N–H and O–H groups in total. The Bertz CT molecular complexity index is 1200. The summed E-state index contributed by atoms with van der Waals surface area (Å²) in [5.41, 5.74) is 0.307. The number of ether oxygens (including phenoxy) is 2. The summed E-state index contributed by atoms with van der Waals surface area (Å²) in [6, 6.07) is 10.7. The highest BCUT2D eigenvalue weighted by Crippen LogP contribution is 2.34. The highest BCUT2D eigenvalue weighted by atomic mass is 35.5. The molecular formula is C25H34ClN3O6S. The third-order valence-corrected chi connectivity index (χ3v) is 6.60. The van der Waals surface area contributed by atoms with Gasteiger partial charge in [0.1, 0.15) is 24.1 Å². The van der Waals surface area contributed by atoms with Gasteiger partial charge in [-0.25, -0.2) is 8.42 Å². The fourth-order valence-electron chi connectivity index (χ4n) is 3.48. The Balaban J connectivity index is 2.50. The predicted octanol–water partition coefficient (Wildman–Crippen LogP) is 3.46. The van der Waals surface area contributed by atoms with Crippen molar-refractivity contribution in [2.45, 2.75) is 45.8 Å². The number of nitrogens with one attached hydrogen (secondary N) is 1. The normalized spacial score (nSPS) is 12.4. The third kappa shape index (κ3) is 8.03. The summed E-state index contributed by atoms with van der Waals surface area (Å²) in [5.74, 6) is -0.320. The van der Waals surface area contributed by atoms with Gasteiger partial charge in [-0.1, -0.05) is 23.7 Å². The van der Waals surface area contributed by atoms with Crippen LogP contribution in [0.5, 0.6) is 11.5 Å². The van der Waals surface area contributed by atoms with Crippen LogP contribution < -0.4 is 19.1 Å². The van der Waals surface area contributed by atoms with Crippen LogP contribution in [0.15, 0.2) is 42.5 Å². The van der Waals surface area contributed by atoms with Crippen LogP contribution in [0.25, 0.3) is 0 Å². The van der Waals surface area contributed by atoms with Crippen LogP contribution in [0.1, 0.15) is 33.3 Å². The average molecular weight is 540 g/mol. The molecular weight excluding hydrogens is 506 g/mol. The molecule has 0 aromatic heterocycles. The first-order chi connectivity index (χ1) is 16.7. The van der Waals surface area contributed by atoms with Crippen molar-refractivity contribution in [2.75, 3.05) is 31.3 Å². The lowest BCUT2D eigenvalue weighted by Gasteiger charge is -2.33. The number of methoxy groups -OCH3 is 2. The summed E-state index contributed by atoms with van der Waals surface area (Å²) in [7, 11) is -1.08. The van der Waals surface area contributed by atoms with Gasteiger partial charge in [0.25, 0.3) is 0 Å². The molecule has 0 fully saturated rings. The number of amides is 2. The molecule has 0 aliphatic carbocycles. The van der Waals surface area contributed by atoms with E-state index in [1.54, 1.807) is 43.3 Å². The van der Waals surface area contributed by atoms with Crippen LogP contribution in [0.3, 0.4) is 0 Å². The van der Waals surface area contributed by atoms with Gasteiger partial charge in [0.05, 0.1) is 26.2 Å². The number of sulfonamides is 1. The quantitative estimate of drug-likeness (QED) is 0.496. The van der Waals surface area contributed by atoms with Gasteiger partial charge in [0, 0.05) is 23.2 Å². The van der Waals surface area contributed by atoms with Crippen molar-refractivity contribution in [3.05, 3.63) is 53.1 Å². The summed E-state index contributed by atoms with van der Waals surface area (Å²) >= 11 is 6.13. The second-order valence-corrected chi connectivity index (χ2v) is 11.7. The van der Waals surface area contributed by atoms with E-state index in [-0.39, 0.29) is 23.9 Å². The maximum absolute atomic E-state index is 13.7. The number of hydrogen-bond donors (Lipinski definition) is 1. The van der Waals surface area contributed by atoms with Gasteiger partial charge in [-0.15, -0.1) is 0 Å². The number of benzene rings is 2. The molecule has 2 rings (SSSR count). The molecule has 0 radical (unpaired) electrons. The Labute approximate surface area is 218 Å². The van der Waals surface area contributed by atoms with Crippen LogP contribution in [0.4, 0.5) is 5.69 Å². The van der Waals surface area contributed by atoms with Gasteiger partial charge in [0.2, 0.25) is 21.8 Å². The lowest BCUT2D eigenvalue weighted by atomic mass is 10.1. The van der Waals surface area contributed by atoms with Crippen molar-refractivity contribution in [2.24, 2.45) is 0 Å².